The molecule has 0 aromatic heterocycles. The van der Waals surface area contributed by atoms with E-state index in [9.17, 15) is 0 Å². The van der Waals surface area contributed by atoms with E-state index in [1.165, 1.54) is 19.3 Å². The van der Waals surface area contributed by atoms with Crippen LogP contribution in [0.5, 0.6) is 0 Å². The first-order chi connectivity index (χ1) is 7.03. The minimum absolute atomic E-state index is 0.638. The van der Waals surface area contributed by atoms with E-state index < -0.39 is 0 Å². The molecule has 1 heteroatoms. The molecule has 1 aliphatic rings. The third-order valence-corrected chi connectivity index (χ3v) is 5.49. The predicted molar refractivity (Wildman–Crippen MR) is 67.7 cm³/mol. The molecule has 90 valence electrons. The SMILES string of the molecule is CCC1(CC)C(C)C(CC(C)CN)[C@H]1C. The summed E-state index contributed by atoms with van der Waals surface area (Å²) in [4.78, 5) is 0. The van der Waals surface area contributed by atoms with E-state index in [2.05, 4.69) is 34.6 Å². The van der Waals surface area contributed by atoms with Crippen molar-refractivity contribution in [1.29, 1.82) is 0 Å². The second-order valence-corrected chi connectivity index (χ2v) is 5.76. The third-order valence-electron chi connectivity index (χ3n) is 5.49. The largest absolute Gasteiger partial charge is 0.330 e. The Balaban J connectivity index is 2.60. The summed E-state index contributed by atoms with van der Waals surface area (Å²) in [5.41, 5.74) is 6.36. The maximum atomic E-state index is 5.72. The first kappa shape index (κ1) is 13.0. The number of hydrogen-bond donors (Lipinski definition) is 1. The number of rotatable bonds is 5. The molecule has 15 heavy (non-hydrogen) atoms. The summed E-state index contributed by atoms with van der Waals surface area (Å²) in [5.74, 6) is 3.42. The minimum atomic E-state index is 0.638. The van der Waals surface area contributed by atoms with Crippen molar-refractivity contribution in [3.63, 3.8) is 0 Å². The van der Waals surface area contributed by atoms with Crippen LogP contribution in [0, 0.1) is 29.1 Å². The summed E-state index contributed by atoms with van der Waals surface area (Å²) >= 11 is 0. The molecule has 0 saturated heterocycles. The maximum Gasteiger partial charge on any atom is -0.00514 e. The smallest absolute Gasteiger partial charge is 0.00514 e. The first-order valence-electron chi connectivity index (χ1n) is 6.73. The molecule has 3 unspecified atom stereocenters. The quantitative estimate of drug-likeness (QED) is 0.737. The molecule has 0 aromatic carbocycles. The van der Waals surface area contributed by atoms with E-state index in [0.717, 1.165) is 24.3 Å². The summed E-state index contributed by atoms with van der Waals surface area (Å²) in [7, 11) is 0. The standard InChI is InChI=1S/C14H29N/c1-6-14(7-2)11(4)13(12(14)5)8-10(3)9-15/h10-13H,6-9,15H2,1-5H3/t10?,11-,12?,13?/m1/s1. The molecular weight excluding hydrogens is 182 g/mol. The molecule has 0 aromatic rings. The van der Waals surface area contributed by atoms with Crippen LogP contribution < -0.4 is 5.73 Å². The van der Waals surface area contributed by atoms with E-state index in [-0.39, 0.29) is 0 Å². The Morgan fingerprint density at radius 3 is 1.93 bits per heavy atom. The summed E-state index contributed by atoms with van der Waals surface area (Å²) in [6, 6.07) is 0. The van der Waals surface area contributed by atoms with Crippen molar-refractivity contribution >= 4 is 0 Å². The molecular formula is C14H29N. The van der Waals surface area contributed by atoms with Gasteiger partial charge in [0.05, 0.1) is 0 Å². The van der Waals surface area contributed by atoms with E-state index in [4.69, 9.17) is 5.73 Å². The fourth-order valence-electron chi connectivity index (χ4n) is 4.09. The summed E-state index contributed by atoms with van der Waals surface area (Å²) in [5, 5.41) is 0. The van der Waals surface area contributed by atoms with Crippen LogP contribution in [-0.4, -0.2) is 6.54 Å². The fourth-order valence-corrected chi connectivity index (χ4v) is 4.09. The average Bonchev–Trinajstić information content (AvgIpc) is 2.27. The van der Waals surface area contributed by atoms with Crippen molar-refractivity contribution in [2.45, 2.75) is 53.9 Å². The Bertz CT molecular complexity index is 184. The van der Waals surface area contributed by atoms with Crippen LogP contribution in [0.1, 0.15) is 53.9 Å². The van der Waals surface area contributed by atoms with E-state index in [1.54, 1.807) is 0 Å². The molecule has 0 bridgehead atoms. The zero-order chi connectivity index (χ0) is 11.6. The van der Waals surface area contributed by atoms with Crippen LogP contribution in [0.15, 0.2) is 0 Å². The molecule has 0 amide bonds. The van der Waals surface area contributed by atoms with Crippen LogP contribution >= 0.6 is 0 Å². The lowest BCUT2D eigenvalue weighted by molar-refractivity contribution is -0.119. The van der Waals surface area contributed by atoms with Crippen molar-refractivity contribution in [2.75, 3.05) is 6.54 Å². The second-order valence-electron chi connectivity index (χ2n) is 5.76. The number of nitrogens with two attached hydrogens (primary N) is 1. The van der Waals surface area contributed by atoms with Crippen LogP contribution in [0.3, 0.4) is 0 Å². The molecule has 1 fully saturated rings. The topological polar surface area (TPSA) is 26.0 Å². The Kier molecular flexibility index (Phi) is 4.22. The van der Waals surface area contributed by atoms with Crippen LogP contribution in [0.4, 0.5) is 0 Å². The monoisotopic (exact) mass is 211 g/mol. The van der Waals surface area contributed by atoms with Crippen molar-refractivity contribution in [3.05, 3.63) is 0 Å². The Morgan fingerprint density at radius 2 is 1.60 bits per heavy atom. The molecule has 1 rings (SSSR count). The molecule has 1 nitrogen and oxygen atoms in total. The highest BCUT2D eigenvalue weighted by Gasteiger charge is 2.54. The fraction of sp³-hybridized carbons (Fsp3) is 1.00. The van der Waals surface area contributed by atoms with Gasteiger partial charge in [0.25, 0.3) is 0 Å². The zero-order valence-corrected chi connectivity index (χ0v) is 11.2. The maximum absolute atomic E-state index is 5.72. The molecule has 0 aliphatic heterocycles. The number of hydrogen-bond acceptors (Lipinski definition) is 1. The molecule has 0 radical (unpaired) electrons. The lowest BCUT2D eigenvalue weighted by Gasteiger charge is -2.60. The van der Waals surface area contributed by atoms with Crippen LogP contribution in [0.2, 0.25) is 0 Å². The minimum Gasteiger partial charge on any atom is -0.330 e. The normalized spacial score (nSPS) is 36.0. The highest BCUT2D eigenvalue weighted by Crippen LogP contribution is 2.61. The van der Waals surface area contributed by atoms with Gasteiger partial charge in [-0.3, -0.25) is 0 Å². The third kappa shape index (κ3) is 1.95. The van der Waals surface area contributed by atoms with Gasteiger partial charge in [0.1, 0.15) is 0 Å². The van der Waals surface area contributed by atoms with Gasteiger partial charge in [-0.25, -0.2) is 0 Å². The van der Waals surface area contributed by atoms with Gasteiger partial charge >= 0.3 is 0 Å². The van der Waals surface area contributed by atoms with Crippen molar-refractivity contribution < 1.29 is 0 Å². The van der Waals surface area contributed by atoms with Crippen LogP contribution in [-0.2, 0) is 0 Å². The Morgan fingerprint density at radius 1 is 1.13 bits per heavy atom. The average molecular weight is 211 g/mol. The molecule has 1 aliphatic carbocycles. The zero-order valence-electron chi connectivity index (χ0n) is 11.2. The highest BCUT2D eigenvalue weighted by atomic mass is 14.6. The summed E-state index contributed by atoms with van der Waals surface area (Å²) in [6.45, 7) is 12.8. The van der Waals surface area contributed by atoms with Crippen molar-refractivity contribution in [1.82, 2.24) is 0 Å². The van der Waals surface area contributed by atoms with Gasteiger partial charge in [0.2, 0.25) is 0 Å². The van der Waals surface area contributed by atoms with Gasteiger partial charge in [-0.15, -0.1) is 0 Å². The van der Waals surface area contributed by atoms with Crippen LogP contribution in [0.25, 0.3) is 0 Å². The second kappa shape index (κ2) is 4.86. The van der Waals surface area contributed by atoms with E-state index in [0.29, 0.717) is 11.3 Å². The molecule has 1 saturated carbocycles. The van der Waals surface area contributed by atoms with E-state index >= 15 is 0 Å². The van der Waals surface area contributed by atoms with Crippen molar-refractivity contribution in [2.24, 2.45) is 34.8 Å². The summed E-state index contributed by atoms with van der Waals surface area (Å²) < 4.78 is 0. The lowest BCUT2D eigenvalue weighted by Crippen LogP contribution is -2.54. The first-order valence-corrected chi connectivity index (χ1v) is 6.73. The van der Waals surface area contributed by atoms with Gasteiger partial charge in [-0.1, -0.05) is 34.6 Å². The van der Waals surface area contributed by atoms with Gasteiger partial charge < -0.3 is 5.73 Å². The van der Waals surface area contributed by atoms with Gasteiger partial charge in [0.15, 0.2) is 0 Å². The van der Waals surface area contributed by atoms with E-state index in [1.807, 2.05) is 0 Å². The Labute approximate surface area is 95.8 Å². The Hall–Kier alpha value is -0.0400. The van der Waals surface area contributed by atoms with Crippen molar-refractivity contribution in [3.8, 4) is 0 Å². The predicted octanol–water partition coefficient (Wildman–Crippen LogP) is 3.68. The summed E-state index contributed by atoms with van der Waals surface area (Å²) in [6.07, 6.45) is 4.03. The highest BCUT2D eigenvalue weighted by molar-refractivity contribution is 5.03. The molecule has 2 N–H and O–H groups in total. The van der Waals surface area contributed by atoms with Gasteiger partial charge in [-0.05, 0) is 54.9 Å². The molecule has 0 spiro atoms. The molecule has 0 heterocycles. The van der Waals surface area contributed by atoms with Gasteiger partial charge in [0, 0.05) is 0 Å². The lowest BCUT2D eigenvalue weighted by atomic mass is 9.44. The van der Waals surface area contributed by atoms with Gasteiger partial charge in [-0.2, -0.15) is 0 Å². The molecule has 4 atom stereocenters.